The first-order valence-electron chi connectivity index (χ1n) is 9.07. The van der Waals surface area contributed by atoms with Crippen LogP contribution >= 0.6 is 0 Å². The van der Waals surface area contributed by atoms with Crippen molar-refractivity contribution in [1.82, 2.24) is 4.90 Å². The molecule has 1 aliphatic carbocycles. The van der Waals surface area contributed by atoms with Gasteiger partial charge in [0.2, 0.25) is 0 Å². The smallest absolute Gasteiger partial charge is 0.305 e. The highest BCUT2D eigenvalue weighted by Gasteiger charge is 2.30. The summed E-state index contributed by atoms with van der Waals surface area (Å²) in [4.78, 5) is 25.3. The summed E-state index contributed by atoms with van der Waals surface area (Å²) in [6.07, 6.45) is 3.15. The van der Waals surface area contributed by atoms with E-state index in [1.807, 2.05) is 13.8 Å². The third kappa shape index (κ3) is 5.06. The topological polar surface area (TPSA) is 91.8 Å². The van der Waals surface area contributed by atoms with Gasteiger partial charge >= 0.3 is 5.97 Å². The highest BCUT2D eigenvalue weighted by molar-refractivity contribution is 7.92. The van der Waals surface area contributed by atoms with Crippen LogP contribution in [0, 0.1) is 5.92 Å². The van der Waals surface area contributed by atoms with Gasteiger partial charge in [0.05, 0.1) is 16.6 Å². The molecule has 0 bridgehead atoms. The molecule has 0 saturated heterocycles. The summed E-state index contributed by atoms with van der Waals surface area (Å²) < 4.78 is 25.2. The first-order valence-corrected chi connectivity index (χ1v) is 10.6. The van der Waals surface area contributed by atoms with Gasteiger partial charge in [0.25, 0.3) is 5.91 Å². The van der Waals surface area contributed by atoms with Gasteiger partial charge < -0.3 is 10.0 Å². The molecule has 1 aliphatic rings. The number of nitrogens with zero attached hydrogens (tertiary/aromatic N) is 1. The maximum atomic E-state index is 12.7. The molecule has 0 unspecified atom stereocenters. The Hall–Kier alpha value is -1.89. The molecule has 1 amide bonds. The molecule has 0 aromatic heterocycles. The Balaban J connectivity index is 2.16. The summed E-state index contributed by atoms with van der Waals surface area (Å²) in [5, 5.41) is 8.55. The highest BCUT2D eigenvalue weighted by Crippen LogP contribution is 2.29. The quantitative estimate of drug-likeness (QED) is 0.747. The van der Waals surface area contributed by atoms with Crippen molar-refractivity contribution in [2.24, 2.45) is 5.92 Å². The van der Waals surface area contributed by atoms with E-state index in [-0.39, 0.29) is 34.9 Å². The van der Waals surface area contributed by atoms with Crippen LogP contribution in [0.4, 0.5) is 0 Å². The summed E-state index contributed by atoms with van der Waals surface area (Å²) in [5.41, 5.74) is 0.376. The highest BCUT2D eigenvalue weighted by atomic mass is 32.2. The lowest BCUT2D eigenvalue weighted by Gasteiger charge is -2.24. The van der Waals surface area contributed by atoms with E-state index in [9.17, 15) is 18.0 Å². The van der Waals surface area contributed by atoms with Crippen LogP contribution in [0.25, 0.3) is 0 Å². The normalized spacial score (nSPS) is 15.3. The standard InChI is InChI=1S/C19H27NO5S/c1-14(2)13-20(12-11-18(21)22)19(23)15-7-9-17(10-8-15)26(24,25)16-5-3-4-6-16/h7-10,14,16H,3-6,11-13H2,1-2H3,(H,21,22). The van der Waals surface area contributed by atoms with Crippen LogP contribution in [0.15, 0.2) is 29.2 Å². The maximum absolute atomic E-state index is 12.7. The van der Waals surface area contributed by atoms with Crippen LogP contribution in [-0.4, -0.2) is 48.6 Å². The summed E-state index contributed by atoms with van der Waals surface area (Å²) in [6, 6.07) is 6.04. The molecule has 1 saturated carbocycles. The number of carbonyl (C=O) groups excluding carboxylic acids is 1. The SMILES string of the molecule is CC(C)CN(CCC(=O)O)C(=O)c1ccc(S(=O)(=O)C2CCCC2)cc1. The predicted molar refractivity (Wildman–Crippen MR) is 98.9 cm³/mol. The summed E-state index contributed by atoms with van der Waals surface area (Å²) >= 11 is 0. The molecule has 0 aliphatic heterocycles. The molecule has 7 heteroatoms. The van der Waals surface area contributed by atoms with Crippen LogP contribution in [0.3, 0.4) is 0 Å². The number of aliphatic carboxylic acids is 1. The van der Waals surface area contributed by atoms with Crippen molar-refractivity contribution in [2.75, 3.05) is 13.1 Å². The van der Waals surface area contributed by atoms with E-state index in [0.29, 0.717) is 24.9 Å². The number of carboxylic acid groups (broad SMARTS) is 1. The Kier molecular flexibility index (Phi) is 6.81. The predicted octanol–water partition coefficient (Wildman–Crippen LogP) is 2.98. The average Bonchev–Trinajstić information content (AvgIpc) is 3.13. The van der Waals surface area contributed by atoms with Gasteiger partial charge in [-0.05, 0) is 43.0 Å². The van der Waals surface area contributed by atoms with Gasteiger partial charge in [-0.25, -0.2) is 8.42 Å². The van der Waals surface area contributed by atoms with Crippen LogP contribution in [0.2, 0.25) is 0 Å². The lowest BCUT2D eigenvalue weighted by Crippen LogP contribution is -2.36. The number of amides is 1. The van der Waals surface area contributed by atoms with Gasteiger partial charge in [0.15, 0.2) is 9.84 Å². The number of carboxylic acids is 1. The molecular formula is C19H27NO5S. The lowest BCUT2D eigenvalue weighted by atomic mass is 10.1. The second-order valence-electron chi connectivity index (χ2n) is 7.26. The van der Waals surface area contributed by atoms with Crippen molar-refractivity contribution in [2.45, 2.75) is 56.1 Å². The number of hydrogen-bond donors (Lipinski definition) is 1. The number of sulfone groups is 1. The van der Waals surface area contributed by atoms with Gasteiger partial charge in [-0.2, -0.15) is 0 Å². The summed E-state index contributed by atoms with van der Waals surface area (Å²) in [6.45, 7) is 4.50. The second-order valence-corrected chi connectivity index (χ2v) is 9.49. The molecule has 1 N–H and O–H groups in total. The first kappa shape index (κ1) is 20.4. The van der Waals surface area contributed by atoms with Crippen LogP contribution in [0.5, 0.6) is 0 Å². The fourth-order valence-electron chi connectivity index (χ4n) is 3.31. The van der Waals surface area contributed by atoms with Gasteiger partial charge in [-0.3, -0.25) is 9.59 Å². The van der Waals surface area contributed by atoms with E-state index >= 15 is 0 Å². The second kappa shape index (κ2) is 8.66. The van der Waals surface area contributed by atoms with Crippen molar-refractivity contribution in [1.29, 1.82) is 0 Å². The van der Waals surface area contributed by atoms with E-state index < -0.39 is 15.8 Å². The minimum atomic E-state index is -3.34. The molecular weight excluding hydrogens is 354 g/mol. The van der Waals surface area contributed by atoms with Crippen LogP contribution in [0.1, 0.15) is 56.3 Å². The van der Waals surface area contributed by atoms with Gasteiger partial charge in [0.1, 0.15) is 0 Å². The lowest BCUT2D eigenvalue weighted by molar-refractivity contribution is -0.137. The molecule has 1 fully saturated rings. The number of carbonyl (C=O) groups is 2. The van der Waals surface area contributed by atoms with E-state index in [4.69, 9.17) is 5.11 Å². The molecule has 6 nitrogen and oxygen atoms in total. The summed E-state index contributed by atoms with van der Waals surface area (Å²) in [7, 11) is -3.34. The number of hydrogen-bond acceptors (Lipinski definition) is 4. The summed E-state index contributed by atoms with van der Waals surface area (Å²) in [5.74, 6) is -1.02. The Morgan fingerprint density at radius 1 is 1.15 bits per heavy atom. The molecule has 0 radical (unpaired) electrons. The fourth-order valence-corrected chi connectivity index (χ4v) is 5.16. The minimum Gasteiger partial charge on any atom is -0.481 e. The molecule has 0 spiro atoms. The van der Waals surface area contributed by atoms with Crippen molar-refractivity contribution < 1.29 is 23.1 Å². The molecule has 2 rings (SSSR count). The van der Waals surface area contributed by atoms with Crippen molar-refractivity contribution >= 4 is 21.7 Å². The van der Waals surface area contributed by atoms with E-state index in [0.717, 1.165) is 12.8 Å². The molecule has 0 heterocycles. The zero-order valence-electron chi connectivity index (χ0n) is 15.3. The Morgan fingerprint density at radius 3 is 2.23 bits per heavy atom. The molecule has 1 aromatic rings. The first-order chi connectivity index (χ1) is 12.2. The van der Waals surface area contributed by atoms with Gasteiger partial charge in [-0.15, -0.1) is 0 Å². The zero-order chi connectivity index (χ0) is 19.3. The molecule has 144 valence electrons. The van der Waals surface area contributed by atoms with Crippen molar-refractivity contribution in [3.8, 4) is 0 Å². The van der Waals surface area contributed by atoms with Crippen LogP contribution in [-0.2, 0) is 14.6 Å². The number of rotatable bonds is 8. The maximum Gasteiger partial charge on any atom is 0.305 e. The van der Waals surface area contributed by atoms with Crippen LogP contribution < -0.4 is 0 Å². The fraction of sp³-hybridized carbons (Fsp3) is 0.579. The van der Waals surface area contributed by atoms with E-state index in [2.05, 4.69) is 0 Å². The monoisotopic (exact) mass is 381 g/mol. The minimum absolute atomic E-state index is 0.118. The third-order valence-electron chi connectivity index (χ3n) is 4.64. The van der Waals surface area contributed by atoms with Crippen molar-refractivity contribution in [3.63, 3.8) is 0 Å². The Bertz CT molecular complexity index is 734. The largest absolute Gasteiger partial charge is 0.481 e. The third-order valence-corrected chi connectivity index (χ3v) is 6.92. The van der Waals surface area contributed by atoms with Crippen molar-refractivity contribution in [3.05, 3.63) is 29.8 Å². The number of benzene rings is 1. The van der Waals surface area contributed by atoms with E-state index in [1.54, 1.807) is 0 Å². The van der Waals surface area contributed by atoms with E-state index in [1.165, 1.54) is 29.2 Å². The Morgan fingerprint density at radius 2 is 1.73 bits per heavy atom. The molecule has 26 heavy (non-hydrogen) atoms. The average molecular weight is 381 g/mol. The zero-order valence-corrected chi connectivity index (χ0v) is 16.2. The van der Waals surface area contributed by atoms with Gasteiger partial charge in [0, 0.05) is 18.7 Å². The molecule has 0 atom stereocenters. The Labute approximate surface area is 155 Å². The molecule has 1 aromatic carbocycles. The van der Waals surface area contributed by atoms with Gasteiger partial charge in [-0.1, -0.05) is 26.7 Å².